The molecule has 0 amide bonds. The summed E-state index contributed by atoms with van der Waals surface area (Å²) in [4.78, 5) is 25.1. The topological polar surface area (TPSA) is 43.4 Å². The molecule has 0 unspecified atom stereocenters. The van der Waals surface area contributed by atoms with Crippen molar-refractivity contribution in [3.05, 3.63) is 71.5 Å². The first-order valence-electron chi connectivity index (χ1n) is 6.68. The smallest absolute Gasteiger partial charge is 0.324 e. The molecule has 3 rings (SSSR count). The maximum Gasteiger partial charge on any atom is 0.324 e. The zero-order chi connectivity index (χ0) is 14.9. The second kappa shape index (κ2) is 5.13. The molecule has 0 spiro atoms. The predicted octanol–water partition coefficient (Wildman–Crippen LogP) is 2.89. The van der Waals surface area contributed by atoms with Gasteiger partial charge in [0.15, 0.2) is 11.2 Å². The molecule has 21 heavy (non-hydrogen) atoms. The van der Waals surface area contributed by atoms with Crippen molar-refractivity contribution in [3.63, 3.8) is 0 Å². The van der Waals surface area contributed by atoms with E-state index in [1.54, 1.807) is 24.3 Å². The molecule has 1 aliphatic rings. The van der Waals surface area contributed by atoms with Crippen molar-refractivity contribution in [1.29, 1.82) is 0 Å². The Bertz CT molecular complexity index is 679. The van der Waals surface area contributed by atoms with Crippen molar-refractivity contribution in [2.75, 3.05) is 6.61 Å². The number of hydrogen-bond acceptors (Lipinski definition) is 3. The lowest BCUT2D eigenvalue weighted by Gasteiger charge is -2.23. The van der Waals surface area contributed by atoms with Gasteiger partial charge in [-0.15, -0.1) is 0 Å². The highest BCUT2D eigenvalue weighted by molar-refractivity contribution is 6.18. The molecule has 2 aromatic carbocycles. The van der Waals surface area contributed by atoms with Crippen LogP contribution < -0.4 is 0 Å². The average molecular weight is 284 g/mol. The van der Waals surface area contributed by atoms with Gasteiger partial charge in [-0.3, -0.25) is 9.59 Å². The first kappa shape index (κ1) is 13.5. The number of carbonyl (C=O) groups is 2. The van der Waals surface area contributed by atoms with Crippen LogP contribution in [0.3, 0.4) is 0 Å². The largest absolute Gasteiger partial charge is 0.465 e. The van der Waals surface area contributed by atoms with Gasteiger partial charge in [-0.2, -0.15) is 0 Å². The first-order valence-corrected chi connectivity index (χ1v) is 6.68. The number of ether oxygens (including phenoxy) is 1. The number of Topliss-reactive ketones (excluding diaryl/α,β-unsaturated/α-hetero) is 1. The second-order valence-corrected chi connectivity index (χ2v) is 4.99. The van der Waals surface area contributed by atoms with Crippen LogP contribution in [0.25, 0.3) is 0 Å². The van der Waals surface area contributed by atoms with Crippen molar-refractivity contribution in [3.8, 4) is 0 Å². The Labute approximate surface area is 121 Å². The molecule has 1 saturated heterocycles. The lowest BCUT2D eigenvalue weighted by atomic mass is 9.73. The molecule has 0 aliphatic carbocycles. The summed E-state index contributed by atoms with van der Waals surface area (Å²) in [6.45, 7) is 0.209. The molecule has 0 saturated carbocycles. The minimum Gasteiger partial charge on any atom is -0.465 e. The molecule has 106 valence electrons. The zero-order valence-electron chi connectivity index (χ0n) is 11.2. The minimum absolute atomic E-state index is 0.209. The SMILES string of the molecule is O=C1OCC[C@]1(C(=O)c1ccc(F)cc1)c1ccccc1. The van der Waals surface area contributed by atoms with Crippen LogP contribution in [-0.4, -0.2) is 18.4 Å². The Morgan fingerprint density at radius 2 is 1.71 bits per heavy atom. The van der Waals surface area contributed by atoms with Gasteiger partial charge in [0.1, 0.15) is 5.82 Å². The van der Waals surface area contributed by atoms with Gasteiger partial charge in [0, 0.05) is 12.0 Å². The molecular formula is C17H13FO3. The van der Waals surface area contributed by atoms with Gasteiger partial charge >= 0.3 is 5.97 Å². The normalized spacial score (nSPS) is 21.1. The Morgan fingerprint density at radius 3 is 2.29 bits per heavy atom. The van der Waals surface area contributed by atoms with E-state index in [1.165, 1.54) is 24.3 Å². The van der Waals surface area contributed by atoms with Crippen LogP contribution in [0.15, 0.2) is 54.6 Å². The van der Waals surface area contributed by atoms with Crippen LogP contribution in [0.4, 0.5) is 4.39 Å². The number of benzene rings is 2. The average Bonchev–Trinajstić information content (AvgIpc) is 2.91. The molecule has 2 aromatic rings. The summed E-state index contributed by atoms with van der Waals surface area (Å²) in [6, 6.07) is 14.1. The Hall–Kier alpha value is -2.49. The fourth-order valence-electron chi connectivity index (χ4n) is 2.69. The summed E-state index contributed by atoms with van der Waals surface area (Å²) in [7, 11) is 0. The molecule has 1 atom stereocenters. The molecule has 0 aromatic heterocycles. The van der Waals surface area contributed by atoms with Gasteiger partial charge in [-0.1, -0.05) is 30.3 Å². The van der Waals surface area contributed by atoms with Crippen LogP contribution in [0.2, 0.25) is 0 Å². The third-order valence-corrected chi connectivity index (χ3v) is 3.82. The van der Waals surface area contributed by atoms with E-state index in [1.807, 2.05) is 6.07 Å². The van der Waals surface area contributed by atoms with Crippen LogP contribution in [0, 0.1) is 5.82 Å². The highest BCUT2D eigenvalue weighted by Gasteiger charge is 2.52. The lowest BCUT2D eigenvalue weighted by molar-refractivity contribution is -0.141. The van der Waals surface area contributed by atoms with Crippen molar-refractivity contribution in [2.45, 2.75) is 11.8 Å². The van der Waals surface area contributed by atoms with E-state index in [0.717, 1.165) is 0 Å². The van der Waals surface area contributed by atoms with Crippen molar-refractivity contribution in [1.82, 2.24) is 0 Å². The van der Waals surface area contributed by atoms with Gasteiger partial charge < -0.3 is 4.74 Å². The number of halogens is 1. The molecular weight excluding hydrogens is 271 g/mol. The molecule has 3 nitrogen and oxygen atoms in total. The summed E-state index contributed by atoms with van der Waals surface area (Å²) in [5, 5.41) is 0. The van der Waals surface area contributed by atoms with Crippen molar-refractivity contribution in [2.24, 2.45) is 0 Å². The first-order chi connectivity index (χ1) is 10.1. The Morgan fingerprint density at radius 1 is 1.05 bits per heavy atom. The minimum atomic E-state index is -1.32. The maximum absolute atomic E-state index is 13.0. The summed E-state index contributed by atoms with van der Waals surface area (Å²) in [5.41, 5.74) is -0.403. The van der Waals surface area contributed by atoms with Crippen LogP contribution in [-0.2, 0) is 14.9 Å². The van der Waals surface area contributed by atoms with E-state index in [-0.39, 0.29) is 12.4 Å². The third kappa shape index (κ3) is 2.13. The van der Waals surface area contributed by atoms with E-state index in [4.69, 9.17) is 4.74 Å². The molecule has 1 aliphatic heterocycles. The number of cyclic esters (lactones) is 1. The molecule has 4 heteroatoms. The zero-order valence-corrected chi connectivity index (χ0v) is 11.2. The summed E-state index contributed by atoms with van der Waals surface area (Å²) >= 11 is 0. The Kier molecular flexibility index (Phi) is 3.29. The number of ketones is 1. The predicted molar refractivity (Wildman–Crippen MR) is 74.4 cm³/mol. The summed E-state index contributed by atoms with van der Waals surface area (Å²) in [6.07, 6.45) is 0.298. The highest BCUT2D eigenvalue weighted by atomic mass is 19.1. The summed E-state index contributed by atoms with van der Waals surface area (Å²) in [5.74, 6) is -1.31. The third-order valence-electron chi connectivity index (χ3n) is 3.82. The fraction of sp³-hybridized carbons (Fsp3) is 0.176. The number of carbonyl (C=O) groups excluding carboxylic acids is 2. The molecule has 1 heterocycles. The van der Waals surface area contributed by atoms with E-state index >= 15 is 0 Å². The highest BCUT2D eigenvalue weighted by Crippen LogP contribution is 2.37. The van der Waals surface area contributed by atoms with Gasteiger partial charge in [0.25, 0.3) is 0 Å². The van der Waals surface area contributed by atoms with Crippen LogP contribution >= 0.6 is 0 Å². The van der Waals surface area contributed by atoms with Crippen molar-refractivity contribution >= 4 is 11.8 Å². The van der Waals surface area contributed by atoms with Crippen molar-refractivity contribution < 1.29 is 18.7 Å². The van der Waals surface area contributed by atoms with Gasteiger partial charge in [0.05, 0.1) is 6.61 Å². The number of hydrogen-bond donors (Lipinski definition) is 0. The van der Waals surface area contributed by atoms with E-state index in [9.17, 15) is 14.0 Å². The second-order valence-electron chi connectivity index (χ2n) is 4.99. The molecule has 0 bridgehead atoms. The van der Waals surface area contributed by atoms with Crippen LogP contribution in [0.1, 0.15) is 22.3 Å². The van der Waals surface area contributed by atoms with E-state index < -0.39 is 17.2 Å². The van der Waals surface area contributed by atoms with Gasteiger partial charge in [-0.05, 0) is 29.8 Å². The van der Waals surface area contributed by atoms with Crippen LogP contribution in [0.5, 0.6) is 0 Å². The van der Waals surface area contributed by atoms with E-state index in [0.29, 0.717) is 17.5 Å². The monoisotopic (exact) mass is 284 g/mol. The number of esters is 1. The number of rotatable bonds is 3. The van der Waals surface area contributed by atoms with E-state index in [2.05, 4.69) is 0 Å². The lowest BCUT2D eigenvalue weighted by Crippen LogP contribution is -2.40. The quantitative estimate of drug-likeness (QED) is 0.494. The molecule has 1 fully saturated rings. The van der Waals surface area contributed by atoms with Gasteiger partial charge in [0.2, 0.25) is 0 Å². The molecule has 0 N–H and O–H groups in total. The summed E-state index contributed by atoms with van der Waals surface area (Å²) < 4.78 is 18.1. The maximum atomic E-state index is 13.0. The standard InChI is InChI=1S/C17H13FO3/c18-14-8-6-12(7-9-14)15(19)17(10-11-21-16(17)20)13-4-2-1-3-5-13/h1-9H,10-11H2/t17-/m1/s1. The Balaban J connectivity index is 2.11. The van der Waals surface area contributed by atoms with Gasteiger partial charge in [-0.25, -0.2) is 4.39 Å². The fourth-order valence-corrected chi connectivity index (χ4v) is 2.69. The molecule has 0 radical (unpaired) electrons.